The molecule has 0 aliphatic heterocycles. The van der Waals surface area contributed by atoms with E-state index in [1.807, 2.05) is 60.7 Å². The Morgan fingerprint density at radius 1 is 0.833 bits per heavy atom. The smallest absolute Gasteiger partial charge is 0.151 e. The van der Waals surface area contributed by atoms with E-state index >= 15 is 0 Å². The third-order valence-electron chi connectivity index (χ3n) is 4.21. The lowest BCUT2D eigenvalue weighted by molar-refractivity contribution is 0.373. The molecule has 2 rings (SSSR count). The van der Waals surface area contributed by atoms with Crippen LogP contribution >= 0.6 is 0 Å². The zero-order valence-electron chi connectivity index (χ0n) is 14.9. The predicted molar refractivity (Wildman–Crippen MR) is 102 cm³/mol. The summed E-state index contributed by atoms with van der Waals surface area (Å²) in [5.74, 6) is 0.332. The second-order valence-electron chi connectivity index (χ2n) is 7.65. The summed E-state index contributed by atoms with van der Waals surface area (Å²) < 4.78 is 25.3. The third kappa shape index (κ3) is 6.12. The Morgan fingerprint density at radius 3 is 1.71 bits per heavy atom. The largest absolute Gasteiger partial charge is 0.229 e. The number of benzene rings is 2. The zero-order chi connectivity index (χ0) is 17.6. The Morgan fingerprint density at radius 2 is 1.29 bits per heavy atom. The van der Waals surface area contributed by atoms with Gasteiger partial charge in [-0.1, -0.05) is 81.4 Å². The molecule has 0 saturated carbocycles. The van der Waals surface area contributed by atoms with Crippen molar-refractivity contribution in [3.63, 3.8) is 0 Å². The standard InChI is InChI=1S/C21H28O2S/c1-21(2,3)15-10-16-24(22,23)17-20(18-11-6-4-7-12-18)19-13-8-5-9-14-19/h4-9,11-14,20H,10,15-17H2,1-3H3. The summed E-state index contributed by atoms with van der Waals surface area (Å²) in [7, 11) is -3.10. The molecule has 0 aliphatic carbocycles. The monoisotopic (exact) mass is 344 g/mol. The van der Waals surface area contributed by atoms with Crippen molar-refractivity contribution in [3.05, 3.63) is 71.8 Å². The quantitative estimate of drug-likeness (QED) is 0.703. The molecule has 0 radical (unpaired) electrons. The van der Waals surface area contributed by atoms with Crippen LogP contribution in [0.1, 0.15) is 50.7 Å². The first-order valence-corrected chi connectivity index (χ1v) is 10.4. The van der Waals surface area contributed by atoms with Gasteiger partial charge in [0.15, 0.2) is 9.84 Å². The Kier molecular flexibility index (Phi) is 6.22. The molecule has 0 heterocycles. The topological polar surface area (TPSA) is 34.1 Å². The van der Waals surface area contributed by atoms with Crippen molar-refractivity contribution < 1.29 is 8.42 Å². The summed E-state index contributed by atoms with van der Waals surface area (Å²) in [6.45, 7) is 6.45. The van der Waals surface area contributed by atoms with Crippen LogP contribution in [-0.4, -0.2) is 19.9 Å². The van der Waals surface area contributed by atoms with Crippen LogP contribution in [0, 0.1) is 5.41 Å². The maximum atomic E-state index is 12.7. The minimum atomic E-state index is -3.10. The fourth-order valence-corrected chi connectivity index (χ4v) is 4.56. The van der Waals surface area contributed by atoms with Gasteiger partial charge in [0.25, 0.3) is 0 Å². The summed E-state index contributed by atoms with van der Waals surface area (Å²) in [6, 6.07) is 19.9. The molecule has 130 valence electrons. The zero-order valence-corrected chi connectivity index (χ0v) is 15.7. The van der Waals surface area contributed by atoms with Gasteiger partial charge >= 0.3 is 0 Å². The average Bonchev–Trinajstić information content (AvgIpc) is 2.53. The molecule has 0 N–H and O–H groups in total. The number of hydrogen-bond donors (Lipinski definition) is 0. The van der Waals surface area contributed by atoms with Crippen LogP contribution in [0.3, 0.4) is 0 Å². The van der Waals surface area contributed by atoms with Crippen LogP contribution in [0.15, 0.2) is 60.7 Å². The van der Waals surface area contributed by atoms with Gasteiger partial charge in [-0.15, -0.1) is 0 Å². The molecule has 0 saturated heterocycles. The van der Waals surface area contributed by atoms with E-state index in [1.54, 1.807) is 0 Å². The van der Waals surface area contributed by atoms with E-state index in [1.165, 1.54) is 0 Å². The third-order valence-corrected chi connectivity index (χ3v) is 5.96. The molecule has 0 atom stereocenters. The average molecular weight is 345 g/mol. The highest BCUT2D eigenvalue weighted by molar-refractivity contribution is 7.91. The Hall–Kier alpha value is -1.61. The molecule has 0 bridgehead atoms. The maximum Gasteiger partial charge on any atom is 0.151 e. The molecule has 24 heavy (non-hydrogen) atoms. The first-order chi connectivity index (χ1) is 11.3. The van der Waals surface area contributed by atoms with Gasteiger partial charge in [0.05, 0.1) is 11.5 Å². The summed E-state index contributed by atoms with van der Waals surface area (Å²) in [6.07, 6.45) is 1.65. The van der Waals surface area contributed by atoms with E-state index in [9.17, 15) is 8.42 Å². The molecule has 3 heteroatoms. The van der Waals surface area contributed by atoms with Crippen molar-refractivity contribution >= 4 is 9.84 Å². The second kappa shape index (κ2) is 7.98. The molecule has 0 spiro atoms. The molecular formula is C21H28O2S. The molecule has 0 aromatic heterocycles. The van der Waals surface area contributed by atoms with Gasteiger partial charge in [0.2, 0.25) is 0 Å². The van der Waals surface area contributed by atoms with Gasteiger partial charge in [-0.05, 0) is 29.4 Å². The summed E-state index contributed by atoms with van der Waals surface area (Å²) in [5.41, 5.74) is 2.29. The normalized spacial score (nSPS) is 12.5. The highest BCUT2D eigenvalue weighted by Crippen LogP contribution is 2.27. The van der Waals surface area contributed by atoms with E-state index in [0.29, 0.717) is 0 Å². The highest BCUT2D eigenvalue weighted by Gasteiger charge is 2.23. The van der Waals surface area contributed by atoms with E-state index < -0.39 is 9.84 Å². The molecule has 0 amide bonds. The highest BCUT2D eigenvalue weighted by atomic mass is 32.2. The van der Waals surface area contributed by atoms with Gasteiger partial charge in [-0.2, -0.15) is 0 Å². The summed E-state index contributed by atoms with van der Waals surface area (Å²) >= 11 is 0. The molecular weight excluding hydrogens is 316 g/mol. The van der Waals surface area contributed by atoms with Crippen LogP contribution in [0.2, 0.25) is 0 Å². The molecule has 0 unspecified atom stereocenters. The van der Waals surface area contributed by atoms with Crippen molar-refractivity contribution in [2.24, 2.45) is 5.41 Å². The van der Waals surface area contributed by atoms with Gasteiger partial charge < -0.3 is 0 Å². The van der Waals surface area contributed by atoms with Crippen molar-refractivity contribution in [1.29, 1.82) is 0 Å². The van der Waals surface area contributed by atoms with Gasteiger partial charge in [-0.25, -0.2) is 8.42 Å². The minimum absolute atomic E-state index is 0.105. The van der Waals surface area contributed by atoms with Crippen molar-refractivity contribution in [3.8, 4) is 0 Å². The minimum Gasteiger partial charge on any atom is -0.229 e. The van der Waals surface area contributed by atoms with E-state index in [4.69, 9.17) is 0 Å². The summed E-state index contributed by atoms with van der Waals surface area (Å²) in [4.78, 5) is 0. The number of sulfone groups is 1. The van der Waals surface area contributed by atoms with E-state index in [-0.39, 0.29) is 22.8 Å². The van der Waals surface area contributed by atoms with E-state index in [2.05, 4.69) is 20.8 Å². The van der Waals surface area contributed by atoms with E-state index in [0.717, 1.165) is 24.0 Å². The van der Waals surface area contributed by atoms with Gasteiger partial charge in [-0.3, -0.25) is 0 Å². The first kappa shape index (κ1) is 18.7. The van der Waals surface area contributed by atoms with Crippen LogP contribution in [-0.2, 0) is 9.84 Å². The predicted octanol–water partition coefficient (Wildman–Crippen LogP) is 5.06. The van der Waals surface area contributed by atoms with Crippen LogP contribution in [0.5, 0.6) is 0 Å². The van der Waals surface area contributed by atoms with Crippen LogP contribution in [0.25, 0.3) is 0 Å². The molecule has 2 aromatic carbocycles. The lowest BCUT2D eigenvalue weighted by Gasteiger charge is -2.20. The van der Waals surface area contributed by atoms with Crippen LogP contribution < -0.4 is 0 Å². The van der Waals surface area contributed by atoms with Crippen molar-refractivity contribution in [2.45, 2.75) is 39.5 Å². The fraction of sp³-hybridized carbons (Fsp3) is 0.429. The number of hydrogen-bond acceptors (Lipinski definition) is 2. The van der Waals surface area contributed by atoms with Crippen molar-refractivity contribution in [1.82, 2.24) is 0 Å². The van der Waals surface area contributed by atoms with Crippen LogP contribution in [0.4, 0.5) is 0 Å². The Balaban J connectivity index is 2.17. The molecule has 0 fully saturated rings. The Bertz CT molecular complexity index is 674. The first-order valence-electron chi connectivity index (χ1n) is 8.57. The maximum absolute atomic E-state index is 12.7. The fourth-order valence-electron chi connectivity index (χ4n) is 2.92. The SMILES string of the molecule is CC(C)(C)CCCS(=O)(=O)CC(c1ccccc1)c1ccccc1. The number of rotatable bonds is 7. The molecule has 2 nitrogen and oxygen atoms in total. The van der Waals surface area contributed by atoms with Gasteiger partial charge in [0, 0.05) is 5.92 Å². The molecule has 2 aromatic rings. The second-order valence-corrected chi connectivity index (χ2v) is 9.88. The van der Waals surface area contributed by atoms with Crippen molar-refractivity contribution in [2.75, 3.05) is 11.5 Å². The molecule has 0 aliphatic rings. The van der Waals surface area contributed by atoms with Gasteiger partial charge in [0.1, 0.15) is 0 Å². The summed E-state index contributed by atoms with van der Waals surface area (Å²) in [5, 5.41) is 0. The lowest BCUT2D eigenvalue weighted by Crippen LogP contribution is -2.20. The lowest BCUT2D eigenvalue weighted by atomic mass is 9.91. The Labute approximate surface area is 146 Å².